The maximum Gasteiger partial charge on any atom is 0.270 e. The maximum absolute atomic E-state index is 10.9. The van der Waals surface area contributed by atoms with Crippen molar-refractivity contribution < 1.29 is 4.92 Å². The number of thiazole rings is 1. The minimum absolute atomic E-state index is 0.0937. The van der Waals surface area contributed by atoms with Gasteiger partial charge in [-0.2, -0.15) is 0 Å². The average Bonchev–Trinajstić information content (AvgIpc) is 2.93. The highest BCUT2D eigenvalue weighted by molar-refractivity contribution is 7.13. The van der Waals surface area contributed by atoms with E-state index in [4.69, 9.17) is 4.98 Å². The predicted molar refractivity (Wildman–Crippen MR) is 104 cm³/mol. The first kappa shape index (κ1) is 16.7. The van der Waals surface area contributed by atoms with Gasteiger partial charge in [-0.1, -0.05) is 0 Å². The minimum atomic E-state index is -0.378. The molecule has 1 aromatic carbocycles. The fourth-order valence-corrected chi connectivity index (χ4v) is 4.07. The summed E-state index contributed by atoms with van der Waals surface area (Å²) >= 11 is 1.69. The molecular formula is C18H19N5O2S. The molecule has 8 heteroatoms. The third kappa shape index (κ3) is 3.32. The largest absolute Gasteiger partial charge is 0.355 e. The van der Waals surface area contributed by atoms with Crippen LogP contribution in [0.4, 0.5) is 16.6 Å². The zero-order chi connectivity index (χ0) is 18.1. The molecule has 26 heavy (non-hydrogen) atoms. The van der Waals surface area contributed by atoms with Crippen molar-refractivity contribution in [1.82, 2.24) is 9.97 Å². The van der Waals surface area contributed by atoms with Gasteiger partial charge in [0.25, 0.3) is 5.69 Å². The van der Waals surface area contributed by atoms with Gasteiger partial charge < -0.3 is 9.80 Å². The Kier molecular flexibility index (Phi) is 4.42. The van der Waals surface area contributed by atoms with Gasteiger partial charge in [-0.25, -0.2) is 9.97 Å². The van der Waals surface area contributed by atoms with Crippen LogP contribution < -0.4 is 9.80 Å². The third-order valence-electron chi connectivity index (χ3n) is 4.57. The summed E-state index contributed by atoms with van der Waals surface area (Å²) in [5, 5.41) is 14.9. The lowest BCUT2D eigenvalue weighted by atomic mass is 10.2. The molecule has 0 unspecified atom stereocenters. The highest BCUT2D eigenvalue weighted by atomic mass is 32.1. The van der Waals surface area contributed by atoms with Crippen LogP contribution in [-0.2, 0) is 0 Å². The average molecular weight is 369 g/mol. The zero-order valence-corrected chi connectivity index (χ0v) is 15.3. The molecule has 134 valence electrons. The van der Waals surface area contributed by atoms with Gasteiger partial charge in [0.15, 0.2) is 5.13 Å². The lowest BCUT2D eigenvalue weighted by molar-refractivity contribution is -0.384. The Bertz CT molecular complexity index is 958. The molecular weight excluding hydrogens is 350 g/mol. The summed E-state index contributed by atoms with van der Waals surface area (Å²) in [5.74, 6) is 0.920. The first-order valence-electron chi connectivity index (χ1n) is 8.57. The lowest BCUT2D eigenvalue weighted by Gasteiger charge is -2.22. The van der Waals surface area contributed by atoms with Gasteiger partial charge in [0.1, 0.15) is 5.82 Å². The molecule has 0 saturated carbocycles. The van der Waals surface area contributed by atoms with Gasteiger partial charge >= 0.3 is 0 Å². The van der Waals surface area contributed by atoms with E-state index < -0.39 is 0 Å². The third-order valence-corrected chi connectivity index (χ3v) is 5.59. The van der Waals surface area contributed by atoms with Crippen molar-refractivity contribution in [2.45, 2.75) is 13.3 Å². The van der Waals surface area contributed by atoms with E-state index in [0.29, 0.717) is 0 Å². The molecule has 1 aliphatic heterocycles. The number of aryl methyl sites for hydroxylation is 1. The monoisotopic (exact) mass is 369 g/mol. The van der Waals surface area contributed by atoms with Gasteiger partial charge in [-0.05, 0) is 31.5 Å². The number of pyridine rings is 1. The molecule has 0 spiro atoms. The second-order valence-electron chi connectivity index (χ2n) is 6.40. The first-order chi connectivity index (χ1) is 12.6. The molecule has 4 rings (SSSR count). The fourth-order valence-electron chi connectivity index (χ4n) is 3.22. The van der Waals surface area contributed by atoms with Gasteiger partial charge in [0, 0.05) is 49.1 Å². The summed E-state index contributed by atoms with van der Waals surface area (Å²) in [7, 11) is 0. The van der Waals surface area contributed by atoms with Crippen LogP contribution in [0.5, 0.6) is 0 Å². The normalized spacial score (nSPS) is 15.3. The summed E-state index contributed by atoms with van der Waals surface area (Å²) in [6.07, 6.45) is 1.04. The second-order valence-corrected chi connectivity index (χ2v) is 7.24. The smallest absolute Gasteiger partial charge is 0.270 e. The molecule has 1 fully saturated rings. The molecule has 7 nitrogen and oxygen atoms in total. The molecule has 3 heterocycles. The summed E-state index contributed by atoms with van der Waals surface area (Å²) in [6.45, 7) is 5.74. The van der Waals surface area contributed by atoms with Crippen LogP contribution in [0.25, 0.3) is 10.9 Å². The molecule has 3 aromatic rings. The Morgan fingerprint density at radius 1 is 1.08 bits per heavy atom. The van der Waals surface area contributed by atoms with Crippen molar-refractivity contribution in [3.8, 4) is 0 Å². The summed E-state index contributed by atoms with van der Waals surface area (Å²) in [6, 6.07) is 8.67. The van der Waals surface area contributed by atoms with E-state index in [9.17, 15) is 10.1 Å². The van der Waals surface area contributed by atoms with E-state index in [1.165, 1.54) is 6.07 Å². The minimum Gasteiger partial charge on any atom is -0.355 e. The van der Waals surface area contributed by atoms with Crippen LogP contribution >= 0.6 is 11.3 Å². The predicted octanol–water partition coefficient (Wildman–Crippen LogP) is 3.62. The van der Waals surface area contributed by atoms with Crippen molar-refractivity contribution in [2.24, 2.45) is 0 Å². The highest BCUT2D eigenvalue weighted by Gasteiger charge is 2.18. The molecule has 0 aliphatic carbocycles. The number of anilines is 2. The Morgan fingerprint density at radius 3 is 2.65 bits per heavy atom. The van der Waals surface area contributed by atoms with E-state index in [1.54, 1.807) is 23.5 Å². The van der Waals surface area contributed by atoms with Crippen LogP contribution in [0.1, 0.15) is 12.1 Å². The van der Waals surface area contributed by atoms with Gasteiger partial charge in [0.2, 0.25) is 0 Å². The topological polar surface area (TPSA) is 75.4 Å². The Morgan fingerprint density at radius 2 is 1.88 bits per heavy atom. The van der Waals surface area contributed by atoms with E-state index in [1.807, 2.05) is 19.1 Å². The molecule has 1 aliphatic rings. The number of nitro benzene ring substituents is 1. The van der Waals surface area contributed by atoms with Crippen molar-refractivity contribution in [3.05, 3.63) is 51.5 Å². The summed E-state index contributed by atoms with van der Waals surface area (Å²) < 4.78 is 0. The number of rotatable bonds is 3. The van der Waals surface area contributed by atoms with Crippen LogP contribution in [0.3, 0.4) is 0 Å². The summed E-state index contributed by atoms with van der Waals surface area (Å²) in [5.41, 5.74) is 1.94. The zero-order valence-electron chi connectivity index (χ0n) is 14.5. The molecule has 1 saturated heterocycles. The molecule has 2 aromatic heterocycles. The van der Waals surface area contributed by atoms with Crippen molar-refractivity contribution >= 4 is 38.9 Å². The summed E-state index contributed by atoms with van der Waals surface area (Å²) in [4.78, 5) is 24.5. The highest BCUT2D eigenvalue weighted by Crippen LogP contribution is 2.25. The van der Waals surface area contributed by atoms with Gasteiger partial charge in [0.05, 0.1) is 16.1 Å². The van der Waals surface area contributed by atoms with Crippen molar-refractivity contribution in [2.75, 3.05) is 36.0 Å². The van der Waals surface area contributed by atoms with E-state index in [0.717, 1.165) is 60.1 Å². The van der Waals surface area contributed by atoms with Gasteiger partial charge in [-0.3, -0.25) is 10.1 Å². The number of nitro groups is 1. The van der Waals surface area contributed by atoms with Crippen LogP contribution in [0, 0.1) is 17.0 Å². The SMILES string of the molecule is Cc1csc(N2CCCN(c3ccc4cc([N+](=O)[O-])ccc4n3)CC2)n1. The number of fused-ring (bicyclic) bond motifs is 1. The number of hydrogen-bond donors (Lipinski definition) is 0. The first-order valence-corrected chi connectivity index (χ1v) is 9.45. The van der Waals surface area contributed by atoms with Crippen molar-refractivity contribution in [3.63, 3.8) is 0 Å². The van der Waals surface area contributed by atoms with Crippen molar-refractivity contribution in [1.29, 1.82) is 0 Å². The van der Waals surface area contributed by atoms with E-state index in [-0.39, 0.29) is 10.6 Å². The number of nitrogens with zero attached hydrogens (tertiary/aromatic N) is 5. The van der Waals surface area contributed by atoms with Crippen LogP contribution in [-0.4, -0.2) is 41.1 Å². The van der Waals surface area contributed by atoms with E-state index >= 15 is 0 Å². The second kappa shape index (κ2) is 6.87. The molecule has 0 bridgehead atoms. The Balaban J connectivity index is 1.53. The maximum atomic E-state index is 10.9. The fraction of sp³-hybridized carbons (Fsp3) is 0.333. The molecule has 0 radical (unpaired) electrons. The van der Waals surface area contributed by atoms with Gasteiger partial charge in [-0.15, -0.1) is 11.3 Å². The Hall–Kier alpha value is -2.74. The van der Waals surface area contributed by atoms with Crippen LogP contribution in [0.2, 0.25) is 0 Å². The molecule has 0 amide bonds. The van der Waals surface area contributed by atoms with E-state index in [2.05, 4.69) is 20.2 Å². The Labute approximate surface area is 155 Å². The standard InChI is InChI=1S/C18H19N5O2S/c1-13-12-26-18(19-13)22-8-2-7-21(9-10-22)17-6-3-14-11-15(23(24)25)4-5-16(14)20-17/h3-6,11-12H,2,7-10H2,1H3. The van der Waals surface area contributed by atoms with Crippen LogP contribution in [0.15, 0.2) is 35.7 Å². The number of non-ortho nitro benzene ring substituents is 1. The molecule has 0 atom stereocenters. The number of benzene rings is 1. The lowest BCUT2D eigenvalue weighted by Crippen LogP contribution is -2.31. The number of hydrogen-bond acceptors (Lipinski definition) is 7. The molecule has 0 N–H and O–H groups in total. The quantitative estimate of drug-likeness (QED) is 0.518. The number of aromatic nitrogens is 2.